The third kappa shape index (κ3) is 7.63. The Morgan fingerprint density at radius 3 is 2.31 bits per heavy atom. The van der Waals surface area contributed by atoms with Crippen molar-refractivity contribution in [3.8, 4) is 0 Å². The molecule has 0 amide bonds. The largest absolute Gasteiger partial charge is 0.213 e. The van der Waals surface area contributed by atoms with Gasteiger partial charge in [0, 0.05) is 18.9 Å². The van der Waals surface area contributed by atoms with E-state index in [-0.39, 0.29) is 5.75 Å². The minimum Gasteiger partial charge on any atom is -0.212 e. The van der Waals surface area contributed by atoms with E-state index in [2.05, 4.69) is 15.9 Å². The molecule has 0 aliphatic rings. The van der Waals surface area contributed by atoms with E-state index < -0.39 is 10.0 Å². The van der Waals surface area contributed by atoms with E-state index in [4.69, 9.17) is 0 Å². The molecule has 0 radical (unpaired) electrons. The molecule has 0 saturated carbocycles. The first-order chi connectivity index (χ1) is 7.40. The van der Waals surface area contributed by atoms with Crippen LogP contribution in [-0.2, 0) is 10.0 Å². The Morgan fingerprint density at radius 1 is 1.19 bits per heavy atom. The molecule has 98 valence electrons. The van der Waals surface area contributed by atoms with E-state index in [1.165, 1.54) is 4.31 Å². The number of sulfonamides is 1. The van der Waals surface area contributed by atoms with Crippen molar-refractivity contribution < 1.29 is 8.42 Å². The van der Waals surface area contributed by atoms with Crippen molar-refractivity contribution in [2.45, 2.75) is 39.5 Å². The van der Waals surface area contributed by atoms with Gasteiger partial charge >= 0.3 is 0 Å². The van der Waals surface area contributed by atoms with Gasteiger partial charge in [0.05, 0.1) is 5.75 Å². The summed E-state index contributed by atoms with van der Waals surface area (Å²) in [5.74, 6) is 0.719. The van der Waals surface area contributed by atoms with E-state index in [1.807, 2.05) is 13.8 Å². The van der Waals surface area contributed by atoms with Crippen molar-refractivity contribution in [1.82, 2.24) is 4.31 Å². The maximum absolute atomic E-state index is 11.8. The Hall–Kier alpha value is 0.390. The van der Waals surface area contributed by atoms with Gasteiger partial charge in [-0.15, -0.1) is 0 Å². The van der Waals surface area contributed by atoms with Crippen molar-refractivity contribution in [3.63, 3.8) is 0 Å². The van der Waals surface area contributed by atoms with Crippen molar-refractivity contribution >= 4 is 26.0 Å². The van der Waals surface area contributed by atoms with Crippen LogP contribution < -0.4 is 0 Å². The third-order valence-electron chi connectivity index (χ3n) is 2.53. The lowest BCUT2D eigenvalue weighted by atomic mass is 10.2. The summed E-state index contributed by atoms with van der Waals surface area (Å²) >= 11 is 3.37. The van der Waals surface area contributed by atoms with E-state index in [1.54, 1.807) is 7.05 Å². The monoisotopic (exact) mass is 313 g/mol. The zero-order valence-corrected chi connectivity index (χ0v) is 13.0. The molecule has 0 saturated heterocycles. The fourth-order valence-electron chi connectivity index (χ4n) is 1.29. The summed E-state index contributed by atoms with van der Waals surface area (Å²) in [4.78, 5) is 0. The average molecular weight is 314 g/mol. The van der Waals surface area contributed by atoms with Crippen LogP contribution in [0.25, 0.3) is 0 Å². The molecule has 0 aromatic rings. The summed E-state index contributed by atoms with van der Waals surface area (Å²) in [6.45, 7) is 4.74. The van der Waals surface area contributed by atoms with Crippen LogP contribution in [0.1, 0.15) is 39.5 Å². The smallest absolute Gasteiger partial charge is 0.212 e. The molecule has 3 nitrogen and oxygen atoms in total. The maximum Gasteiger partial charge on any atom is 0.213 e. The van der Waals surface area contributed by atoms with Gasteiger partial charge in [-0.05, 0) is 25.2 Å². The van der Waals surface area contributed by atoms with Crippen LogP contribution >= 0.6 is 15.9 Å². The van der Waals surface area contributed by atoms with Crippen LogP contribution in [0.5, 0.6) is 0 Å². The SMILES string of the molecule is CC(C)CCS(=O)(=O)N(C)CCCCCBr. The second-order valence-corrected chi connectivity index (χ2v) is 7.56. The van der Waals surface area contributed by atoms with Gasteiger partial charge in [0.15, 0.2) is 0 Å². The highest BCUT2D eigenvalue weighted by molar-refractivity contribution is 9.09. The van der Waals surface area contributed by atoms with Gasteiger partial charge in [-0.1, -0.05) is 36.2 Å². The molecule has 0 N–H and O–H groups in total. The molecule has 0 aliphatic carbocycles. The predicted molar refractivity (Wildman–Crippen MR) is 73.5 cm³/mol. The zero-order valence-electron chi connectivity index (χ0n) is 10.6. The highest BCUT2D eigenvalue weighted by Gasteiger charge is 2.17. The number of rotatable bonds is 9. The molecule has 0 atom stereocenters. The number of halogens is 1. The number of hydrogen-bond acceptors (Lipinski definition) is 2. The van der Waals surface area contributed by atoms with Gasteiger partial charge in [0.1, 0.15) is 0 Å². The Labute approximate surface area is 109 Å². The van der Waals surface area contributed by atoms with Crippen molar-refractivity contribution in [3.05, 3.63) is 0 Å². The molecule has 16 heavy (non-hydrogen) atoms. The summed E-state index contributed by atoms with van der Waals surface area (Å²) in [6, 6.07) is 0. The minimum atomic E-state index is -3.02. The summed E-state index contributed by atoms with van der Waals surface area (Å²) in [5, 5.41) is 0.997. The molecule has 0 bridgehead atoms. The fourth-order valence-corrected chi connectivity index (χ4v) is 3.17. The normalized spacial score (nSPS) is 12.6. The van der Waals surface area contributed by atoms with Crippen LogP contribution in [0.3, 0.4) is 0 Å². The number of hydrogen-bond donors (Lipinski definition) is 0. The Morgan fingerprint density at radius 2 is 1.81 bits per heavy atom. The lowest BCUT2D eigenvalue weighted by Crippen LogP contribution is -2.30. The molecule has 0 heterocycles. The minimum absolute atomic E-state index is 0.277. The van der Waals surface area contributed by atoms with Crippen molar-refractivity contribution in [2.24, 2.45) is 5.92 Å². The van der Waals surface area contributed by atoms with Crippen LogP contribution in [0.2, 0.25) is 0 Å². The third-order valence-corrected chi connectivity index (χ3v) is 4.98. The quantitative estimate of drug-likeness (QED) is 0.485. The highest BCUT2D eigenvalue weighted by atomic mass is 79.9. The van der Waals surface area contributed by atoms with Gasteiger partial charge in [0.25, 0.3) is 0 Å². The van der Waals surface area contributed by atoms with Crippen molar-refractivity contribution in [1.29, 1.82) is 0 Å². The molecular weight excluding hydrogens is 290 g/mol. The number of unbranched alkanes of at least 4 members (excludes halogenated alkanes) is 2. The summed E-state index contributed by atoms with van der Waals surface area (Å²) < 4.78 is 25.1. The van der Waals surface area contributed by atoms with Gasteiger partial charge in [-0.25, -0.2) is 12.7 Å². The lowest BCUT2D eigenvalue weighted by molar-refractivity contribution is 0.450. The first-order valence-electron chi connectivity index (χ1n) is 5.90. The van der Waals surface area contributed by atoms with Gasteiger partial charge < -0.3 is 0 Å². The van der Waals surface area contributed by atoms with Crippen LogP contribution in [0, 0.1) is 5.92 Å². The molecule has 0 unspecified atom stereocenters. The second-order valence-electron chi connectivity index (χ2n) is 4.57. The summed E-state index contributed by atoms with van der Waals surface area (Å²) in [6.07, 6.45) is 3.88. The maximum atomic E-state index is 11.8. The van der Waals surface area contributed by atoms with E-state index in [0.717, 1.165) is 31.0 Å². The van der Waals surface area contributed by atoms with Gasteiger partial charge in [0.2, 0.25) is 10.0 Å². The second kappa shape index (κ2) is 8.48. The number of nitrogens with zero attached hydrogens (tertiary/aromatic N) is 1. The molecule has 0 rings (SSSR count). The van der Waals surface area contributed by atoms with Gasteiger partial charge in [-0.3, -0.25) is 0 Å². The summed E-state index contributed by atoms with van der Waals surface area (Å²) in [5.41, 5.74) is 0. The van der Waals surface area contributed by atoms with E-state index >= 15 is 0 Å². The molecule has 5 heteroatoms. The molecule has 0 aromatic heterocycles. The number of alkyl halides is 1. The average Bonchev–Trinajstić information content (AvgIpc) is 2.21. The first kappa shape index (κ1) is 16.4. The molecule has 0 aromatic carbocycles. The Kier molecular flexibility index (Phi) is 8.68. The van der Waals surface area contributed by atoms with E-state index in [9.17, 15) is 8.42 Å². The lowest BCUT2D eigenvalue weighted by Gasteiger charge is -2.17. The molecule has 0 aliphatic heterocycles. The van der Waals surface area contributed by atoms with E-state index in [0.29, 0.717) is 12.5 Å². The molecular formula is C11H24BrNO2S. The molecule has 0 fully saturated rings. The van der Waals surface area contributed by atoms with Gasteiger partial charge in [-0.2, -0.15) is 0 Å². The first-order valence-corrected chi connectivity index (χ1v) is 8.63. The van der Waals surface area contributed by atoms with Crippen molar-refractivity contribution in [2.75, 3.05) is 24.7 Å². The predicted octanol–water partition coefficient (Wildman–Crippen LogP) is 2.86. The fraction of sp³-hybridized carbons (Fsp3) is 1.00. The standard InChI is InChI=1S/C11H24BrNO2S/c1-11(2)7-10-16(14,15)13(3)9-6-4-5-8-12/h11H,4-10H2,1-3H3. The topological polar surface area (TPSA) is 37.4 Å². The summed E-state index contributed by atoms with van der Waals surface area (Å²) in [7, 11) is -1.34. The van der Waals surface area contributed by atoms with Crippen LogP contribution in [-0.4, -0.2) is 37.4 Å². The van der Waals surface area contributed by atoms with Crippen LogP contribution in [0.4, 0.5) is 0 Å². The highest BCUT2D eigenvalue weighted by Crippen LogP contribution is 2.08. The molecule has 0 spiro atoms. The zero-order chi connectivity index (χ0) is 12.6. The Bertz CT molecular complexity index is 265. The van der Waals surface area contributed by atoms with Crippen LogP contribution in [0.15, 0.2) is 0 Å². The Balaban J connectivity index is 3.90.